The van der Waals surface area contributed by atoms with Crippen LogP contribution >= 0.6 is 0 Å². The summed E-state index contributed by atoms with van der Waals surface area (Å²) in [6.07, 6.45) is 2.66. The van der Waals surface area contributed by atoms with Crippen LogP contribution in [0, 0.1) is 5.41 Å². The number of likely N-dealkylation sites (tertiary alicyclic amines) is 1. The Kier molecular flexibility index (Phi) is 3.85. The molecule has 1 aromatic rings. The first kappa shape index (κ1) is 13.7. The van der Waals surface area contributed by atoms with Crippen molar-refractivity contribution in [2.45, 2.75) is 19.4 Å². The van der Waals surface area contributed by atoms with Gasteiger partial charge in [0.25, 0.3) is 0 Å². The molecule has 4 heteroatoms. The van der Waals surface area contributed by atoms with Crippen LogP contribution in [-0.2, 0) is 6.54 Å². The highest BCUT2D eigenvalue weighted by molar-refractivity contribution is 5.42. The second kappa shape index (κ2) is 5.62. The summed E-state index contributed by atoms with van der Waals surface area (Å²) in [5, 5.41) is 3.51. The molecule has 4 nitrogen and oxygen atoms in total. The summed E-state index contributed by atoms with van der Waals surface area (Å²) < 4.78 is 10.7. The van der Waals surface area contributed by atoms with Crippen LogP contribution in [0.25, 0.3) is 0 Å². The van der Waals surface area contributed by atoms with E-state index in [1.54, 1.807) is 14.2 Å². The van der Waals surface area contributed by atoms with E-state index in [4.69, 9.17) is 9.47 Å². The first-order chi connectivity index (χ1) is 9.74. The molecule has 2 fully saturated rings. The Balaban J connectivity index is 1.66. The summed E-state index contributed by atoms with van der Waals surface area (Å²) in [4.78, 5) is 2.56. The fourth-order valence-corrected chi connectivity index (χ4v) is 3.54. The topological polar surface area (TPSA) is 33.7 Å². The number of nitrogens with zero attached hydrogens (tertiary/aromatic N) is 1. The van der Waals surface area contributed by atoms with Crippen LogP contribution in [0.4, 0.5) is 0 Å². The number of benzene rings is 1. The highest BCUT2D eigenvalue weighted by Crippen LogP contribution is 2.37. The van der Waals surface area contributed by atoms with E-state index in [2.05, 4.69) is 22.3 Å². The minimum atomic E-state index is 0.538. The van der Waals surface area contributed by atoms with Crippen molar-refractivity contribution >= 4 is 0 Å². The molecule has 1 aromatic carbocycles. The van der Waals surface area contributed by atoms with E-state index >= 15 is 0 Å². The van der Waals surface area contributed by atoms with Gasteiger partial charge in [-0.2, -0.15) is 0 Å². The molecule has 0 aromatic heterocycles. The lowest BCUT2D eigenvalue weighted by Gasteiger charge is -2.23. The maximum Gasteiger partial charge on any atom is 0.161 e. The molecule has 0 radical (unpaired) electrons. The summed E-state index contributed by atoms with van der Waals surface area (Å²) in [5.74, 6) is 1.62. The maximum absolute atomic E-state index is 5.38. The fraction of sp³-hybridized carbons (Fsp3) is 0.625. The van der Waals surface area contributed by atoms with Gasteiger partial charge < -0.3 is 14.8 Å². The van der Waals surface area contributed by atoms with E-state index in [9.17, 15) is 0 Å². The molecule has 110 valence electrons. The zero-order chi connectivity index (χ0) is 14.0. The Hall–Kier alpha value is -1.26. The first-order valence-electron chi connectivity index (χ1n) is 7.39. The second-order valence-electron chi connectivity index (χ2n) is 6.08. The number of rotatable bonds is 4. The molecule has 2 aliphatic rings. The molecule has 20 heavy (non-hydrogen) atoms. The van der Waals surface area contributed by atoms with Gasteiger partial charge in [0.15, 0.2) is 11.5 Å². The van der Waals surface area contributed by atoms with Gasteiger partial charge in [-0.1, -0.05) is 6.07 Å². The van der Waals surface area contributed by atoms with Crippen LogP contribution in [0.1, 0.15) is 18.4 Å². The molecule has 0 amide bonds. The van der Waals surface area contributed by atoms with Crippen LogP contribution in [0.5, 0.6) is 11.5 Å². The lowest BCUT2D eigenvalue weighted by Crippen LogP contribution is -2.28. The molecule has 1 spiro atoms. The third-order valence-corrected chi connectivity index (χ3v) is 4.70. The minimum Gasteiger partial charge on any atom is -0.493 e. The Morgan fingerprint density at radius 1 is 1.20 bits per heavy atom. The van der Waals surface area contributed by atoms with Gasteiger partial charge in [-0.15, -0.1) is 0 Å². The van der Waals surface area contributed by atoms with E-state index in [1.165, 1.54) is 44.6 Å². The zero-order valence-corrected chi connectivity index (χ0v) is 12.4. The normalized spacial score (nSPS) is 26.3. The Morgan fingerprint density at radius 2 is 2.05 bits per heavy atom. The number of ether oxygens (including phenoxy) is 2. The van der Waals surface area contributed by atoms with E-state index in [-0.39, 0.29) is 0 Å². The van der Waals surface area contributed by atoms with Crippen molar-refractivity contribution in [1.82, 2.24) is 10.2 Å². The molecule has 1 N–H and O–H groups in total. The third kappa shape index (κ3) is 2.63. The second-order valence-corrected chi connectivity index (χ2v) is 6.08. The van der Waals surface area contributed by atoms with Crippen LogP contribution < -0.4 is 14.8 Å². The summed E-state index contributed by atoms with van der Waals surface area (Å²) in [7, 11) is 3.37. The molecule has 1 unspecified atom stereocenters. The molecule has 0 bridgehead atoms. The molecule has 1 atom stereocenters. The average molecular weight is 276 g/mol. The van der Waals surface area contributed by atoms with Crippen molar-refractivity contribution in [1.29, 1.82) is 0 Å². The van der Waals surface area contributed by atoms with Crippen LogP contribution in [0.2, 0.25) is 0 Å². The number of hydrogen-bond donors (Lipinski definition) is 1. The average Bonchev–Trinajstić information content (AvgIpc) is 3.09. The van der Waals surface area contributed by atoms with E-state index in [0.717, 1.165) is 18.0 Å². The Morgan fingerprint density at radius 3 is 2.75 bits per heavy atom. The van der Waals surface area contributed by atoms with E-state index in [1.807, 2.05) is 6.07 Å². The summed E-state index contributed by atoms with van der Waals surface area (Å²) in [5.41, 5.74) is 1.84. The number of methoxy groups -OCH3 is 2. The monoisotopic (exact) mass is 276 g/mol. The first-order valence-corrected chi connectivity index (χ1v) is 7.39. The van der Waals surface area contributed by atoms with Crippen molar-refractivity contribution in [2.24, 2.45) is 5.41 Å². The Bertz CT molecular complexity index is 470. The molecule has 2 heterocycles. The zero-order valence-electron chi connectivity index (χ0n) is 12.4. The highest BCUT2D eigenvalue weighted by Gasteiger charge is 2.39. The smallest absolute Gasteiger partial charge is 0.161 e. The van der Waals surface area contributed by atoms with Crippen molar-refractivity contribution in [3.8, 4) is 11.5 Å². The van der Waals surface area contributed by atoms with Gasteiger partial charge in [-0.05, 0) is 49.0 Å². The number of nitrogens with one attached hydrogen (secondary N) is 1. The van der Waals surface area contributed by atoms with Crippen molar-refractivity contribution in [2.75, 3.05) is 40.4 Å². The largest absolute Gasteiger partial charge is 0.493 e. The lowest BCUT2D eigenvalue weighted by molar-refractivity contribution is 0.268. The van der Waals surface area contributed by atoms with Gasteiger partial charge >= 0.3 is 0 Å². The predicted molar refractivity (Wildman–Crippen MR) is 79.4 cm³/mol. The van der Waals surface area contributed by atoms with Gasteiger partial charge in [0, 0.05) is 19.6 Å². The molecule has 0 aliphatic carbocycles. The molecule has 3 rings (SSSR count). The quantitative estimate of drug-likeness (QED) is 0.910. The van der Waals surface area contributed by atoms with Crippen molar-refractivity contribution in [3.63, 3.8) is 0 Å². The Labute approximate surface area is 121 Å². The standard InChI is InChI=1S/C16H24N2O2/c1-19-14-4-3-13(9-15(14)20-2)10-18-8-6-16(12-18)5-7-17-11-16/h3-4,9,17H,5-8,10-12H2,1-2H3. The maximum atomic E-state index is 5.38. The van der Waals surface area contributed by atoms with Gasteiger partial charge in [0.1, 0.15) is 0 Å². The predicted octanol–water partition coefficient (Wildman–Crippen LogP) is 1.89. The molecular formula is C16H24N2O2. The molecule has 2 saturated heterocycles. The SMILES string of the molecule is COc1ccc(CN2CCC3(CCNC3)C2)cc1OC. The van der Waals surface area contributed by atoms with Crippen molar-refractivity contribution in [3.05, 3.63) is 23.8 Å². The fourth-order valence-electron chi connectivity index (χ4n) is 3.54. The molecular weight excluding hydrogens is 252 g/mol. The third-order valence-electron chi connectivity index (χ3n) is 4.70. The van der Waals surface area contributed by atoms with Gasteiger partial charge in [-0.25, -0.2) is 0 Å². The highest BCUT2D eigenvalue weighted by atomic mass is 16.5. The van der Waals surface area contributed by atoms with Crippen LogP contribution in [-0.4, -0.2) is 45.3 Å². The van der Waals surface area contributed by atoms with E-state index in [0.29, 0.717) is 5.41 Å². The van der Waals surface area contributed by atoms with E-state index < -0.39 is 0 Å². The summed E-state index contributed by atoms with van der Waals surface area (Å²) >= 11 is 0. The molecule has 2 aliphatic heterocycles. The minimum absolute atomic E-state index is 0.538. The summed E-state index contributed by atoms with van der Waals surface area (Å²) in [6, 6.07) is 6.23. The van der Waals surface area contributed by atoms with Crippen LogP contribution in [0.15, 0.2) is 18.2 Å². The lowest BCUT2D eigenvalue weighted by atomic mass is 9.86. The van der Waals surface area contributed by atoms with Crippen molar-refractivity contribution < 1.29 is 9.47 Å². The molecule has 0 saturated carbocycles. The van der Waals surface area contributed by atoms with Gasteiger partial charge in [0.2, 0.25) is 0 Å². The number of hydrogen-bond acceptors (Lipinski definition) is 4. The van der Waals surface area contributed by atoms with Gasteiger partial charge in [-0.3, -0.25) is 4.90 Å². The van der Waals surface area contributed by atoms with Crippen LogP contribution in [0.3, 0.4) is 0 Å². The van der Waals surface area contributed by atoms with Gasteiger partial charge in [0.05, 0.1) is 14.2 Å². The summed E-state index contributed by atoms with van der Waals surface area (Å²) in [6.45, 7) is 5.80.